The number of hydrogen-bond donors (Lipinski definition) is 0. The van der Waals surface area contributed by atoms with Gasteiger partial charge in [-0.1, -0.05) is 39.8 Å². The Morgan fingerprint density at radius 1 is 1.13 bits per heavy atom. The molecule has 0 N–H and O–H groups in total. The molecule has 2 atom stereocenters. The Balaban J connectivity index is 2.44. The fourth-order valence-corrected chi connectivity index (χ4v) is 2.03. The minimum atomic E-state index is 0.223. The Labute approximate surface area is 92.5 Å². The van der Waals surface area contributed by atoms with E-state index in [1.807, 2.05) is 0 Å². The van der Waals surface area contributed by atoms with Gasteiger partial charge in [-0.05, 0) is 24.0 Å². The highest BCUT2D eigenvalue weighted by atomic mass is 16.5. The zero-order valence-corrected chi connectivity index (χ0v) is 10.3. The first-order chi connectivity index (χ1) is 6.89. The Hall–Kier alpha value is -0.980. The van der Waals surface area contributed by atoms with Gasteiger partial charge in [0.25, 0.3) is 0 Å². The van der Waals surface area contributed by atoms with Crippen LogP contribution in [0.25, 0.3) is 0 Å². The van der Waals surface area contributed by atoms with Crippen molar-refractivity contribution in [2.45, 2.75) is 52.1 Å². The molecule has 0 radical (unpaired) electrons. The summed E-state index contributed by atoms with van der Waals surface area (Å²) in [4.78, 5) is 0. The average Bonchev–Trinajstić information content (AvgIpc) is 2.41. The van der Waals surface area contributed by atoms with Crippen LogP contribution >= 0.6 is 0 Å². The van der Waals surface area contributed by atoms with Gasteiger partial charge < -0.3 is 4.74 Å². The Morgan fingerprint density at radius 2 is 1.80 bits per heavy atom. The lowest BCUT2D eigenvalue weighted by Crippen LogP contribution is -2.12. The molecule has 0 aliphatic carbocycles. The van der Waals surface area contributed by atoms with Gasteiger partial charge in [-0.25, -0.2) is 0 Å². The van der Waals surface area contributed by atoms with E-state index in [9.17, 15) is 0 Å². The second-order valence-corrected chi connectivity index (χ2v) is 5.61. The van der Waals surface area contributed by atoms with Gasteiger partial charge in [0.2, 0.25) is 0 Å². The normalized spacial score (nSPS) is 24.9. The largest absolute Gasteiger partial charge is 0.490 e. The highest BCUT2D eigenvalue weighted by Gasteiger charge is 2.28. The molecule has 0 aromatic heterocycles. The second kappa shape index (κ2) is 3.26. The van der Waals surface area contributed by atoms with E-state index < -0.39 is 0 Å². The summed E-state index contributed by atoms with van der Waals surface area (Å²) in [6.45, 7) is 11.1. The van der Waals surface area contributed by atoms with Crippen molar-refractivity contribution < 1.29 is 4.74 Å². The molecule has 1 aliphatic heterocycles. The summed E-state index contributed by atoms with van der Waals surface area (Å²) in [5.41, 5.74) is 2.99. The van der Waals surface area contributed by atoms with E-state index >= 15 is 0 Å². The smallest absolute Gasteiger partial charge is 0.123 e. The van der Waals surface area contributed by atoms with Crippen LogP contribution < -0.4 is 4.74 Å². The van der Waals surface area contributed by atoms with Gasteiger partial charge in [-0.15, -0.1) is 0 Å². The summed E-state index contributed by atoms with van der Waals surface area (Å²) in [6.07, 6.45) is 0.315. The van der Waals surface area contributed by atoms with Crippen LogP contribution in [0.15, 0.2) is 18.2 Å². The standard InChI is InChI=1S/C14H20O/c1-9-10(2)15-13-7-6-11(8-12(9)13)14(3,4)5/h6-10H,1-5H3. The molecule has 0 saturated heterocycles. The third-order valence-corrected chi connectivity index (χ3v) is 3.38. The molecule has 0 saturated carbocycles. The molecule has 2 unspecified atom stereocenters. The van der Waals surface area contributed by atoms with Gasteiger partial charge in [0.05, 0.1) is 0 Å². The lowest BCUT2D eigenvalue weighted by Gasteiger charge is -2.20. The van der Waals surface area contributed by atoms with Crippen molar-refractivity contribution in [3.63, 3.8) is 0 Å². The maximum Gasteiger partial charge on any atom is 0.123 e. The van der Waals surface area contributed by atoms with Crippen molar-refractivity contribution in [3.8, 4) is 5.75 Å². The topological polar surface area (TPSA) is 9.23 Å². The molecule has 15 heavy (non-hydrogen) atoms. The molecule has 0 amide bonds. The Kier molecular flexibility index (Phi) is 2.29. The van der Waals surface area contributed by atoms with Crippen LogP contribution in [0.4, 0.5) is 0 Å². The average molecular weight is 204 g/mol. The predicted octanol–water partition coefficient (Wildman–Crippen LogP) is 3.87. The first-order valence-electron chi connectivity index (χ1n) is 5.70. The van der Waals surface area contributed by atoms with Crippen molar-refractivity contribution in [2.75, 3.05) is 0 Å². The number of hydrogen-bond acceptors (Lipinski definition) is 1. The van der Waals surface area contributed by atoms with Gasteiger partial charge in [0.1, 0.15) is 11.9 Å². The number of fused-ring (bicyclic) bond motifs is 1. The van der Waals surface area contributed by atoms with E-state index in [1.54, 1.807) is 0 Å². The van der Waals surface area contributed by atoms with E-state index in [4.69, 9.17) is 4.74 Å². The van der Waals surface area contributed by atoms with Gasteiger partial charge in [-0.2, -0.15) is 0 Å². The summed E-state index contributed by atoms with van der Waals surface area (Å²) >= 11 is 0. The monoisotopic (exact) mass is 204 g/mol. The lowest BCUT2D eigenvalue weighted by molar-refractivity contribution is 0.232. The molecule has 82 valence electrons. The summed E-state index contributed by atoms with van der Waals surface area (Å²) in [5.74, 6) is 1.59. The van der Waals surface area contributed by atoms with Crippen LogP contribution in [-0.2, 0) is 5.41 Å². The summed E-state index contributed by atoms with van der Waals surface area (Å²) in [7, 11) is 0. The third-order valence-electron chi connectivity index (χ3n) is 3.38. The Bertz CT molecular complexity index is 373. The molecular formula is C14H20O. The number of rotatable bonds is 0. The maximum absolute atomic E-state index is 5.79. The molecule has 1 heterocycles. The number of ether oxygens (including phenoxy) is 1. The fourth-order valence-electron chi connectivity index (χ4n) is 2.03. The molecule has 1 aliphatic rings. The SMILES string of the molecule is CC1Oc2ccc(C(C)(C)C)cc2C1C. The lowest BCUT2D eigenvalue weighted by atomic mass is 9.84. The zero-order chi connectivity index (χ0) is 11.2. The zero-order valence-electron chi connectivity index (χ0n) is 10.3. The van der Waals surface area contributed by atoms with Crippen LogP contribution in [0.1, 0.15) is 51.7 Å². The van der Waals surface area contributed by atoms with E-state index in [0.717, 1.165) is 5.75 Å². The summed E-state index contributed by atoms with van der Waals surface area (Å²) in [5, 5.41) is 0. The van der Waals surface area contributed by atoms with E-state index in [0.29, 0.717) is 12.0 Å². The first kappa shape index (κ1) is 10.5. The van der Waals surface area contributed by atoms with Crippen LogP contribution in [-0.4, -0.2) is 6.10 Å². The molecule has 0 spiro atoms. The highest BCUT2D eigenvalue weighted by molar-refractivity contribution is 5.44. The van der Waals surface area contributed by atoms with Crippen LogP contribution in [0.5, 0.6) is 5.75 Å². The summed E-state index contributed by atoms with van der Waals surface area (Å²) < 4.78 is 5.79. The molecule has 2 rings (SSSR count). The molecule has 1 aromatic carbocycles. The van der Waals surface area contributed by atoms with E-state index in [-0.39, 0.29) is 5.41 Å². The van der Waals surface area contributed by atoms with Gasteiger partial charge >= 0.3 is 0 Å². The quantitative estimate of drug-likeness (QED) is 0.623. The molecule has 1 nitrogen and oxygen atoms in total. The predicted molar refractivity (Wildman–Crippen MR) is 63.6 cm³/mol. The van der Waals surface area contributed by atoms with Crippen molar-refractivity contribution in [1.82, 2.24) is 0 Å². The van der Waals surface area contributed by atoms with Crippen LogP contribution in [0.3, 0.4) is 0 Å². The minimum absolute atomic E-state index is 0.223. The van der Waals surface area contributed by atoms with Crippen LogP contribution in [0.2, 0.25) is 0 Å². The molecule has 1 heteroatoms. The van der Waals surface area contributed by atoms with E-state index in [2.05, 4.69) is 52.8 Å². The maximum atomic E-state index is 5.79. The van der Waals surface area contributed by atoms with Gasteiger partial charge in [0, 0.05) is 11.5 Å². The second-order valence-electron chi connectivity index (χ2n) is 5.61. The Morgan fingerprint density at radius 3 is 2.40 bits per heavy atom. The minimum Gasteiger partial charge on any atom is -0.490 e. The van der Waals surface area contributed by atoms with Crippen molar-refractivity contribution in [1.29, 1.82) is 0 Å². The highest BCUT2D eigenvalue weighted by Crippen LogP contribution is 2.40. The van der Waals surface area contributed by atoms with Gasteiger partial charge in [-0.3, -0.25) is 0 Å². The van der Waals surface area contributed by atoms with Crippen LogP contribution in [0, 0.1) is 0 Å². The van der Waals surface area contributed by atoms with Crippen molar-refractivity contribution >= 4 is 0 Å². The first-order valence-corrected chi connectivity index (χ1v) is 5.70. The molecular weight excluding hydrogens is 184 g/mol. The number of benzene rings is 1. The fraction of sp³-hybridized carbons (Fsp3) is 0.571. The van der Waals surface area contributed by atoms with E-state index in [1.165, 1.54) is 11.1 Å². The molecule has 0 bridgehead atoms. The molecule has 0 fully saturated rings. The summed E-state index contributed by atoms with van der Waals surface area (Å²) in [6, 6.07) is 6.61. The van der Waals surface area contributed by atoms with Crippen molar-refractivity contribution in [3.05, 3.63) is 29.3 Å². The third kappa shape index (κ3) is 1.75. The van der Waals surface area contributed by atoms with Gasteiger partial charge in [0.15, 0.2) is 0 Å². The van der Waals surface area contributed by atoms with Crippen molar-refractivity contribution in [2.24, 2.45) is 0 Å². The molecule has 1 aromatic rings.